The zero-order chi connectivity index (χ0) is 21.1. The molecule has 2 unspecified atom stereocenters. The van der Waals surface area contributed by atoms with Gasteiger partial charge in [-0.2, -0.15) is 0 Å². The molecule has 2 atom stereocenters. The number of aliphatic hydroxyl groups excluding tert-OH is 1. The Morgan fingerprint density at radius 2 is 1.93 bits per heavy atom. The molecular weight excluding hydrogens is 380 g/mol. The van der Waals surface area contributed by atoms with Crippen LogP contribution in [0.4, 0.5) is 17.1 Å². The second kappa shape index (κ2) is 8.48. The number of hydrogen-bond acceptors (Lipinski definition) is 7. The fraction of sp³-hybridized carbons (Fsp3) is 0.227. The molecule has 0 spiro atoms. The second-order valence-corrected chi connectivity index (χ2v) is 7.40. The molecule has 3 heterocycles. The van der Waals surface area contributed by atoms with Gasteiger partial charge in [-0.25, -0.2) is 4.98 Å². The van der Waals surface area contributed by atoms with E-state index in [0.29, 0.717) is 30.9 Å². The number of aromatic nitrogens is 2. The molecule has 1 fully saturated rings. The van der Waals surface area contributed by atoms with Crippen molar-refractivity contribution in [2.75, 3.05) is 29.0 Å². The van der Waals surface area contributed by atoms with Gasteiger partial charge < -0.3 is 26.8 Å². The van der Waals surface area contributed by atoms with E-state index < -0.39 is 12.0 Å². The first-order chi connectivity index (χ1) is 14.5. The Bertz CT molecular complexity index is 1030. The highest BCUT2D eigenvalue weighted by molar-refractivity contribution is 6.07. The summed E-state index contributed by atoms with van der Waals surface area (Å²) in [4.78, 5) is 23.6. The molecule has 2 aromatic heterocycles. The van der Waals surface area contributed by atoms with E-state index in [0.717, 1.165) is 11.3 Å². The molecule has 0 saturated carbocycles. The van der Waals surface area contributed by atoms with E-state index in [2.05, 4.69) is 15.3 Å². The van der Waals surface area contributed by atoms with Crippen LogP contribution in [0.15, 0.2) is 60.9 Å². The number of carbonyl (C=O) groups is 1. The van der Waals surface area contributed by atoms with Gasteiger partial charge in [0.1, 0.15) is 0 Å². The van der Waals surface area contributed by atoms with Gasteiger partial charge >= 0.3 is 0 Å². The molecule has 1 aromatic carbocycles. The Kier molecular flexibility index (Phi) is 5.60. The van der Waals surface area contributed by atoms with Crippen molar-refractivity contribution < 1.29 is 9.90 Å². The predicted octanol–water partition coefficient (Wildman–Crippen LogP) is 1.88. The van der Waals surface area contributed by atoms with E-state index in [4.69, 9.17) is 11.5 Å². The SMILES string of the molecule is Nc1ccc(-c2ccccc2)nc1C(=O)Nc1cnccc1N1CC(N)CC(O)C1. The van der Waals surface area contributed by atoms with Gasteiger partial charge in [-0.3, -0.25) is 9.78 Å². The maximum atomic E-state index is 13.0. The minimum atomic E-state index is -0.523. The summed E-state index contributed by atoms with van der Waals surface area (Å²) in [6.45, 7) is 1.01. The largest absolute Gasteiger partial charge is 0.397 e. The van der Waals surface area contributed by atoms with Crippen LogP contribution in [0, 0.1) is 0 Å². The average molecular weight is 404 g/mol. The van der Waals surface area contributed by atoms with E-state index in [-0.39, 0.29) is 17.4 Å². The summed E-state index contributed by atoms with van der Waals surface area (Å²) >= 11 is 0. The van der Waals surface area contributed by atoms with Gasteiger partial charge in [0, 0.05) is 30.9 Å². The number of rotatable bonds is 4. The van der Waals surface area contributed by atoms with Crippen LogP contribution in [0.3, 0.4) is 0 Å². The number of benzene rings is 1. The standard InChI is InChI=1S/C22H24N6O2/c23-15-10-16(29)13-28(12-15)20-8-9-25-11-19(20)27-22(30)21-17(24)6-7-18(26-21)14-4-2-1-3-5-14/h1-9,11,15-16,29H,10,12-13,23-24H2,(H,27,30). The number of nitrogen functional groups attached to an aromatic ring is 1. The molecule has 8 heteroatoms. The molecule has 1 saturated heterocycles. The number of carbonyl (C=O) groups excluding carboxylic acids is 1. The predicted molar refractivity (Wildman–Crippen MR) is 117 cm³/mol. The first kappa shape index (κ1) is 19.8. The van der Waals surface area contributed by atoms with E-state index in [9.17, 15) is 9.90 Å². The summed E-state index contributed by atoms with van der Waals surface area (Å²) in [7, 11) is 0. The van der Waals surface area contributed by atoms with E-state index in [1.165, 1.54) is 0 Å². The molecule has 154 valence electrons. The summed E-state index contributed by atoms with van der Waals surface area (Å²) in [5.41, 5.74) is 15.3. The molecule has 1 amide bonds. The monoisotopic (exact) mass is 404 g/mol. The van der Waals surface area contributed by atoms with Crippen molar-refractivity contribution in [1.82, 2.24) is 9.97 Å². The Morgan fingerprint density at radius 3 is 2.70 bits per heavy atom. The molecule has 0 aliphatic carbocycles. The number of pyridine rings is 2. The fourth-order valence-corrected chi connectivity index (χ4v) is 3.67. The minimum absolute atomic E-state index is 0.140. The van der Waals surface area contributed by atoms with Crippen molar-refractivity contribution in [3.63, 3.8) is 0 Å². The van der Waals surface area contributed by atoms with Crippen molar-refractivity contribution in [3.05, 3.63) is 66.6 Å². The molecule has 1 aliphatic rings. The van der Waals surface area contributed by atoms with Crippen LogP contribution in [-0.2, 0) is 0 Å². The van der Waals surface area contributed by atoms with Crippen molar-refractivity contribution in [3.8, 4) is 11.3 Å². The lowest BCUT2D eigenvalue weighted by Crippen LogP contribution is -2.49. The number of aliphatic hydroxyl groups is 1. The molecule has 3 aromatic rings. The molecule has 8 nitrogen and oxygen atoms in total. The van der Waals surface area contributed by atoms with E-state index >= 15 is 0 Å². The second-order valence-electron chi connectivity index (χ2n) is 7.40. The number of anilines is 3. The molecule has 30 heavy (non-hydrogen) atoms. The van der Waals surface area contributed by atoms with Crippen LogP contribution in [-0.4, -0.2) is 46.2 Å². The van der Waals surface area contributed by atoms with Gasteiger partial charge in [-0.05, 0) is 24.6 Å². The number of hydrogen-bond donors (Lipinski definition) is 4. The summed E-state index contributed by atoms with van der Waals surface area (Å²) in [5, 5.41) is 13.0. The summed E-state index contributed by atoms with van der Waals surface area (Å²) in [6.07, 6.45) is 3.23. The summed E-state index contributed by atoms with van der Waals surface area (Å²) in [5.74, 6) is -0.429. The molecule has 0 bridgehead atoms. The minimum Gasteiger partial charge on any atom is -0.397 e. The topological polar surface area (TPSA) is 130 Å². The number of nitrogens with zero attached hydrogens (tertiary/aromatic N) is 3. The van der Waals surface area contributed by atoms with Crippen molar-refractivity contribution in [1.29, 1.82) is 0 Å². The van der Waals surface area contributed by atoms with Crippen LogP contribution >= 0.6 is 0 Å². The van der Waals surface area contributed by atoms with Crippen molar-refractivity contribution >= 4 is 23.0 Å². The maximum absolute atomic E-state index is 13.0. The summed E-state index contributed by atoms with van der Waals surface area (Å²) in [6, 6.07) is 14.7. The number of nitrogens with two attached hydrogens (primary N) is 2. The summed E-state index contributed by atoms with van der Waals surface area (Å²) < 4.78 is 0. The van der Waals surface area contributed by atoms with Crippen LogP contribution in [0.2, 0.25) is 0 Å². The van der Waals surface area contributed by atoms with Crippen LogP contribution in [0.1, 0.15) is 16.9 Å². The third kappa shape index (κ3) is 4.24. The third-order valence-electron chi connectivity index (χ3n) is 5.06. The highest BCUT2D eigenvalue weighted by Gasteiger charge is 2.26. The molecule has 6 N–H and O–H groups in total. The van der Waals surface area contributed by atoms with Gasteiger partial charge in [0.25, 0.3) is 5.91 Å². The third-order valence-corrected chi connectivity index (χ3v) is 5.06. The van der Waals surface area contributed by atoms with Crippen LogP contribution in [0.25, 0.3) is 11.3 Å². The fourth-order valence-electron chi connectivity index (χ4n) is 3.67. The Hall–Kier alpha value is -3.49. The Labute approximate surface area is 174 Å². The highest BCUT2D eigenvalue weighted by atomic mass is 16.3. The van der Waals surface area contributed by atoms with Gasteiger partial charge in [-0.15, -0.1) is 0 Å². The zero-order valence-electron chi connectivity index (χ0n) is 16.4. The average Bonchev–Trinajstić information content (AvgIpc) is 2.74. The number of piperidine rings is 1. The molecule has 0 radical (unpaired) electrons. The van der Waals surface area contributed by atoms with Crippen molar-refractivity contribution in [2.45, 2.75) is 18.6 Å². The number of β-amino-alcohol motifs (C(OH)–C–C–N with tert-alkyl or cyclic N) is 1. The van der Waals surface area contributed by atoms with Crippen LogP contribution in [0.5, 0.6) is 0 Å². The first-order valence-electron chi connectivity index (χ1n) is 9.77. The Balaban J connectivity index is 1.61. The smallest absolute Gasteiger partial charge is 0.276 e. The normalized spacial score (nSPS) is 18.8. The molecule has 4 rings (SSSR count). The van der Waals surface area contributed by atoms with E-state index in [1.54, 1.807) is 30.6 Å². The Morgan fingerprint density at radius 1 is 1.13 bits per heavy atom. The number of nitrogens with one attached hydrogen (secondary N) is 1. The van der Waals surface area contributed by atoms with Crippen LogP contribution < -0.4 is 21.7 Å². The van der Waals surface area contributed by atoms with E-state index in [1.807, 2.05) is 35.2 Å². The van der Waals surface area contributed by atoms with Gasteiger partial charge in [0.15, 0.2) is 5.69 Å². The first-order valence-corrected chi connectivity index (χ1v) is 9.77. The lowest BCUT2D eigenvalue weighted by atomic mass is 10.0. The lowest BCUT2D eigenvalue weighted by molar-refractivity contribution is 0.102. The maximum Gasteiger partial charge on any atom is 0.276 e. The molecule has 1 aliphatic heterocycles. The highest BCUT2D eigenvalue weighted by Crippen LogP contribution is 2.28. The van der Waals surface area contributed by atoms with Gasteiger partial charge in [-0.1, -0.05) is 30.3 Å². The van der Waals surface area contributed by atoms with Gasteiger partial charge in [0.05, 0.1) is 35.1 Å². The quantitative estimate of drug-likeness (QED) is 0.522. The lowest BCUT2D eigenvalue weighted by Gasteiger charge is -2.36. The number of amides is 1. The van der Waals surface area contributed by atoms with Crippen molar-refractivity contribution in [2.24, 2.45) is 5.73 Å². The molecular formula is C22H24N6O2. The zero-order valence-corrected chi connectivity index (χ0v) is 16.4. The van der Waals surface area contributed by atoms with Gasteiger partial charge in [0.2, 0.25) is 0 Å².